The van der Waals surface area contributed by atoms with E-state index in [1.807, 2.05) is 45.0 Å². The number of rotatable bonds is 4. The van der Waals surface area contributed by atoms with E-state index in [-0.39, 0.29) is 16.8 Å². The van der Waals surface area contributed by atoms with Crippen LogP contribution in [0.3, 0.4) is 0 Å². The summed E-state index contributed by atoms with van der Waals surface area (Å²) in [4.78, 5) is 13.4. The molecule has 2 aromatic rings. The zero-order valence-electron chi connectivity index (χ0n) is 18.3. The fourth-order valence-corrected chi connectivity index (χ4v) is 5.97. The van der Waals surface area contributed by atoms with Crippen LogP contribution in [0.2, 0.25) is 0 Å². The van der Waals surface area contributed by atoms with Crippen molar-refractivity contribution in [1.29, 1.82) is 0 Å². The summed E-state index contributed by atoms with van der Waals surface area (Å²) >= 11 is 0. The number of amides is 1. The van der Waals surface area contributed by atoms with Gasteiger partial charge in [-0.15, -0.1) is 0 Å². The number of hydrogen-bond donors (Lipinski definition) is 1. The molecule has 0 spiro atoms. The molecule has 31 heavy (non-hydrogen) atoms. The normalized spacial score (nSPS) is 21.1. The van der Waals surface area contributed by atoms with Gasteiger partial charge in [-0.25, -0.2) is 8.42 Å². The average Bonchev–Trinajstić information content (AvgIpc) is 2.73. The van der Waals surface area contributed by atoms with Crippen molar-refractivity contribution in [3.63, 3.8) is 0 Å². The van der Waals surface area contributed by atoms with Crippen LogP contribution >= 0.6 is 0 Å². The fourth-order valence-electron chi connectivity index (χ4n) is 4.43. The summed E-state index contributed by atoms with van der Waals surface area (Å²) < 4.78 is 33.8. The number of carbonyl (C=O) groups excluding carboxylic acids is 1. The summed E-state index contributed by atoms with van der Waals surface area (Å²) in [6, 6.07) is 12.3. The minimum absolute atomic E-state index is 0.179. The highest BCUT2D eigenvalue weighted by Gasteiger charge is 2.35. The van der Waals surface area contributed by atoms with Gasteiger partial charge in [-0.2, -0.15) is 4.31 Å². The molecular formula is C24H30N2O4S. The van der Waals surface area contributed by atoms with E-state index in [0.29, 0.717) is 25.1 Å². The molecule has 1 amide bonds. The Labute approximate surface area is 184 Å². The second kappa shape index (κ2) is 8.28. The van der Waals surface area contributed by atoms with Crippen LogP contribution in [-0.2, 0) is 10.0 Å². The minimum Gasteiger partial charge on any atom is -0.487 e. The molecule has 1 fully saturated rings. The molecule has 0 saturated carbocycles. The number of benzene rings is 2. The molecule has 0 aliphatic carbocycles. The number of nitrogens with zero attached hydrogens (tertiary/aromatic N) is 1. The van der Waals surface area contributed by atoms with Crippen molar-refractivity contribution in [2.75, 3.05) is 13.1 Å². The predicted molar refractivity (Wildman–Crippen MR) is 120 cm³/mol. The maximum Gasteiger partial charge on any atom is 0.252 e. The molecular weight excluding hydrogens is 412 g/mol. The summed E-state index contributed by atoms with van der Waals surface area (Å²) in [5, 5.41) is 3.12. The highest BCUT2D eigenvalue weighted by atomic mass is 32.2. The van der Waals surface area contributed by atoms with E-state index in [4.69, 9.17) is 4.74 Å². The molecule has 7 heteroatoms. The van der Waals surface area contributed by atoms with Gasteiger partial charge in [-0.3, -0.25) is 4.79 Å². The number of para-hydroxylation sites is 1. The third kappa shape index (κ3) is 4.48. The second-order valence-electron chi connectivity index (χ2n) is 9.07. The number of sulfonamides is 1. The minimum atomic E-state index is -3.60. The summed E-state index contributed by atoms with van der Waals surface area (Å²) in [5.41, 5.74) is 1.65. The van der Waals surface area contributed by atoms with Crippen LogP contribution in [0.5, 0.6) is 5.75 Å². The van der Waals surface area contributed by atoms with E-state index in [1.165, 1.54) is 10.4 Å². The number of nitrogens with one attached hydrogen (secondary N) is 1. The van der Waals surface area contributed by atoms with Crippen LogP contribution in [0.1, 0.15) is 67.1 Å². The lowest BCUT2D eigenvalue weighted by molar-refractivity contribution is 0.0619. The first-order chi connectivity index (χ1) is 14.7. The Bertz CT molecular complexity index is 1090. The molecule has 2 aliphatic heterocycles. The zero-order chi connectivity index (χ0) is 22.2. The molecule has 0 aromatic heterocycles. The molecule has 6 nitrogen and oxygen atoms in total. The molecule has 2 aliphatic rings. The number of hydrogen-bond acceptors (Lipinski definition) is 4. The van der Waals surface area contributed by atoms with Gasteiger partial charge < -0.3 is 10.1 Å². The Morgan fingerprint density at radius 3 is 2.55 bits per heavy atom. The highest BCUT2D eigenvalue weighted by Crippen LogP contribution is 2.39. The maximum absolute atomic E-state index is 13.2. The van der Waals surface area contributed by atoms with E-state index in [0.717, 1.165) is 36.1 Å². The summed E-state index contributed by atoms with van der Waals surface area (Å²) in [5.74, 6) is 0.493. The van der Waals surface area contributed by atoms with Gasteiger partial charge in [0, 0.05) is 30.6 Å². The lowest BCUT2D eigenvalue weighted by Gasteiger charge is -2.38. The van der Waals surface area contributed by atoms with Crippen molar-refractivity contribution in [3.05, 3.63) is 59.2 Å². The van der Waals surface area contributed by atoms with Crippen LogP contribution in [-0.4, -0.2) is 37.3 Å². The quantitative estimate of drug-likeness (QED) is 0.770. The first-order valence-electron chi connectivity index (χ1n) is 10.9. The van der Waals surface area contributed by atoms with Crippen molar-refractivity contribution in [2.24, 2.45) is 0 Å². The SMILES string of the molecule is Cc1ccc(S(=O)(=O)N2CCCCC2)cc1C(=O)N[C@H]1CC(C)(C)Oc2ccccc21. The molecule has 0 unspecified atom stereocenters. The molecule has 1 atom stereocenters. The first-order valence-corrected chi connectivity index (χ1v) is 12.3. The monoisotopic (exact) mass is 442 g/mol. The van der Waals surface area contributed by atoms with Crippen molar-refractivity contribution >= 4 is 15.9 Å². The van der Waals surface area contributed by atoms with Crippen LogP contribution in [0.25, 0.3) is 0 Å². The van der Waals surface area contributed by atoms with E-state index in [2.05, 4.69) is 5.32 Å². The summed E-state index contributed by atoms with van der Waals surface area (Å²) in [6.07, 6.45) is 3.42. The summed E-state index contributed by atoms with van der Waals surface area (Å²) in [6.45, 7) is 6.89. The third-order valence-electron chi connectivity index (χ3n) is 6.09. The average molecular weight is 443 g/mol. The van der Waals surface area contributed by atoms with Crippen molar-refractivity contribution < 1.29 is 17.9 Å². The zero-order valence-corrected chi connectivity index (χ0v) is 19.2. The number of ether oxygens (including phenoxy) is 1. The lowest BCUT2D eigenvalue weighted by atomic mass is 9.89. The van der Waals surface area contributed by atoms with Crippen LogP contribution in [0.4, 0.5) is 0 Å². The molecule has 1 saturated heterocycles. The van der Waals surface area contributed by atoms with Crippen LogP contribution in [0.15, 0.2) is 47.4 Å². The standard InChI is InChI=1S/C24H30N2O4S/c1-17-11-12-18(31(28,29)26-13-7-4-8-14-26)15-20(17)23(27)25-21-16-24(2,3)30-22-10-6-5-9-19(21)22/h5-6,9-12,15,21H,4,7-8,13-14,16H2,1-3H3,(H,25,27)/t21-/m0/s1. The van der Waals surface area contributed by atoms with Gasteiger partial charge in [0.1, 0.15) is 11.4 Å². The van der Waals surface area contributed by atoms with Gasteiger partial charge in [0.05, 0.1) is 10.9 Å². The highest BCUT2D eigenvalue weighted by molar-refractivity contribution is 7.89. The molecule has 2 aromatic carbocycles. The number of aryl methyl sites for hydroxylation is 1. The first kappa shape index (κ1) is 21.8. The van der Waals surface area contributed by atoms with Gasteiger partial charge in [-0.1, -0.05) is 30.7 Å². The summed E-state index contributed by atoms with van der Waals surface area (Å²) in [7, 11) is -3.60. The molecule has 0 bridgehead atoms. The largest absolute Gasteiger partial charge is 0.487 e. The topological polar surface area (TPSA) is 75.7 Å². The smallest absolute Gasteiger partial charge is 0.252 e. The van der Waals surface area contributed by atoms with Crippen molar-refractivity contribution in [2.45, 2.75) is 63.0 Å². The molecule has 4 rings (SSSR count). The van der Waals surface area contributed by atoms with Gasteiger partial charge in [0.25, 0.3) is 5.91 Å². The van der Waals surface area contributed by atoms with Crippen molar-refractivity contribution in [3.8, 4) is 5.75 Å². The fraction of sp³-hybridized carbons (Fsp3) is 0.458. The van der Waals surface area contributed by atoms with E-state index in [9.17, 15) is 13.2 Å². The Hall–Kier alpha value is -2.38. The maximum atomic E-state index is 13.2. The van der Waals surface area contributed by atoms with Gasteiger partial charge >= 0.3 is 0 Å². The van der Waals surface area contributed by atoms with Crippen molar-refractivity contribution in [1.82, 2.24) is 9.62 Å². The second-order valence-corrected chi connectivity index (χ2v) is 11.0. The lowest BCUT2D eigenvalue weighted by Crippen LogP contribution is -2.41. The van der Waals surface area contributed by atoms with Gasteiger partial charge in [-0.05, 0) is 57.4 Å². The Kier molecular flexibility index (Phi) is 5.83. The van der Waals surface area contributed by atoms with E-state index in [1.54, 1.807) is 12.1 Å². The van der Waals surface area contributed by atoms with Gasteiger partial charge in [0.15, 0.2) is 0 Å². The molecule has 166 valence electrons. The molecule has 1 N–H and O–H groups in total. The van der Waals surface area contributed by atoms with E-state index >= 15 is 0 Å². The van der Waals surface area contributed by atoms with Crippen LogP contribution < -0.4 is 10.1 Å². The predicted octanol–water partition coefficient (Wildman–Crippen LogP) is 4.20. The van der Waals surface area contributed by atoms with Gasteiger partial charge in [0.2, 0.25) is 10.0 Å². The Morgan fingerprint density at radius 1 is 1.10 bits per heavy atom. The Balaban J connectivity index is 1.62. The number of piperidine rings is 1. The Morgan fingerprint density at radius 2 is 1.81 bits per heavy atom. The third-order valence-corrected chi connectivity index (χ3v) is 7.98. The van der Waals surface area contributed by atoms with Crippen LogP contribution in [0, 0.1) is 6.92 Å². The molecule has 2 heterocycles. The van der Waals surface area contributed by atoms with E-state index < -0.39 is 15.6 Å². The number of carbonyl (C=O) groups is 1. The molecule has 0 radical (unpaired) electrons. The number of fused-ring (bicyclic) bond motifs is 1.